The third kappa shape index (κ3) is 4.15. The molecule has 1 aliphatic carbocycles. The molecule has 1 aliphatic rings. The number of hydrogen-bond donors (Lipinski definition) is 0. The number of carbonyl (C=O) groups excluding carboxylic acids is 3. The minimum absolute atomic E-state index is 0.0281. The van der Waals surface area contributed by atoms with Crippen molar-refractivity contribution in [3.05, 3.63) is 19.3 Å². The summed E-state index contributed by atoms with van der Waals surface area (Å²) >= 11 is 0. The van der Waals surface area contributed by atoms with E-state index in [2.05, 4.69) is 11.7 Å². The molecule has 0 aromatic heterocycles. The fourth-order valence-corrected chi connectivity index (χ4v) is 2.69. The van der Waals surface area contributed by atoms with E-state index in [0.717, 1.165) is 12.8 Å². The molecular formula is C15H21O4. The Hall–Kier alpha value is -1.19. The zero-order valence-corrected chi connectivity index (χ0v) is 11.8. The number of hydrogen-bond acceptors (Lipinski definition) is 4. The van der Waals surface area contributed by atoms with Crippen molar-refractivity contribution in [1.82, 2.24) is 0 Å². The molecule has 1 fully saturated rings. The van der Waals surface area contributed by atoms with E-state index in [0.29, 0.717) is 6.42 Å². The van der Waals surface area contributed by atoms with Gasteiger partial charge in [0.05, 0.1) is 13.0 Å². The van der Waals surface area contributed by atoms with Gasteiger partial charge in [-0.15, -0.1) is 0 Å². The number of Topliss-reactive ketones (excluding diaryl/α,β-unsaturated/α-hetero) is 2. The van der Waals surface area contributed by atoms with E-state index in [9.17, 15) is 14.4 Å². The van der Waals surface area contributed by atoms with E-state index in [-0.39, 0.29) is 35.2 Å². The molecule has 0 aliphatic heterocycles. The van der Waals surface area contributed by atoms with Crippen LogP contribution in [0, 0.1) is 37.0 Å². The van der Waals surface area contributed by atoms with Crippen LogP contribution in [0.2, 0.25) is 0 Å². The lowest BCUT2D eigenvalue weighted by Crippen LogP contribution is -2.34. The molecule has 0 aromatic rings. The Balaban J connectivity index is 2.69. The van der Waals surface area contributed by atoms with Crippen LogP contribution < -0.4 is 0 Å². The van der Waals surface area contributed by atoms with Crippen LogP contribution in [0.5, 0.6) is 0 Å². The number of methoxy groups -OCH3 is 1. The number of rotatable bonds is 5. The van der Waals surface area contributed by atoms with Crippen molar-refractivity contribution in [2.24, 2.45) is 17.8 Å². The molecule has 4 heteroatoms. The van der Waals surface area contributed by atoms with E-state index < -0.39 is 5.97 Å². The highest BCUT2D eigenvalue weighted by Gasteiger charge is 2.36. The first-order valence-corrected chi connectivity index (χ1v) is 6.49. The normalized spacial score (nSPS) is 27.1. The Kier molecular flexibility index (Phi) is 5.70. The minimum atomic E-state index is -0.476. The fourth-order valence-electron chi connectivity index (χ4n) is 2.69. The van der Waals surface area contributed by atoms with E-state index in [4.69, 9.17) is 0 Å². The molecule has 3 radical (unpaired) electrons. The maximum atomic E-state index is 11.7. The molecule has 19 heavy (non-hydrogen) atoms. The highest BCUT2D eigenvalue weighted by molar-refractivity contribution is 5.88. The number of carbonyl (C=O) groups is 3. The van der Waals surface area contributed by atoms with Crippen molar-refractivity contribution in [2.45, 2.75) is 33.1 Å². The number of esters is 1. The number of ether oxygens (including phenoxy) is 1. The van der Waals surface area contributed by atoms with Gasteiger partial charge in [0.2, 0.25) is 0 Å². The van der Waals surface area contributed by atoms with Gasteiger partial charge in [0.25, 0.3) is 0 Å². The average molecular weight is 265 g/mol. The van der Waals surface area contributed by atoms with Crippen LogP contribution in [0.3, 0.4) is 0 Å². The molecule has 1 saturated carbocycles. The summed E-state index contributed by atoms with van der Waals surface area (Å²) in [7, 11) is 1.30. The van der Waals surface area contributed by atoms with Gasteiger partial charge in [-0.25, -0.2) is 0 Å². The second-order valence-corrected chi connectivity index (χ2v) is 5.19. The van der Waals surface area contributed by atoms with Crippen molar-refractivity contribution < 1.29 is 19.1 Å². The summed E-state index contributed by atoms with van der Waals surface area (Å²) in [6, 6.07) is 0. The van der Waals surface area contributed by atoms with Crippen LogP contribution >= 0.6 is 0 Å². The van der Waals surface area contributed by atoms with Crippen LogP contribution in [0.1, 0.15) is 33.1 Å². The molecule has 0 heterocycles. The topological polar surface area (TPSA) is 60.4 Å². The van der Waals surface area contributed by atoms with Gasteiger partial charge >= 0.3 is 5.97 Å². The minimum Gasteiger partial charge on any atom is -0.469 e. The summed E-state index contributed by atoms with van der Waals surface area (Å²) < 4.78 is 4.60. The maximum absolute atomic E-state index is 11.7. The van der Waals surface area contributed by atoms with Gasteiger partial charge in [-0.2, -0.15) is 0 Å². The predicted octanol–water partition coefficient (Wildman–Crippen LogP) is 1.98. The lowest BCUT2D eigenvalue weighted by Gasteiger charge is -2.34. The zero-order chi connectivity index (χ0) is 14.6. The van der Waals surface area contributed by atoms with Gasteiger partial charge in [-0.1, -0.05) is 0 Å². The van der Waals surface area contributed by atoms with E-state index in [1.807, 2.05) is 0 Å². The van der Waals surface area contributed by atoms with E-state index in [1.165, 1.54) is 14.0 Å². The smallest absolute Gasteiger partial charge is 0.313 e. The van der Waals surface area contributed by atoms with Crippen LogP contribution in [-0.2, 0) is 19.1 Å². The third-order valence-electron chi connectivity index (χ3n) is 3.86. The van der Waals surface area contributed by atoms with Crippen molar-refractivity contribution in [2.75, 3.05) is 7.11 Å². The summed E-state index contributed by atoms with van der Waals surface area (Å²) in [6.07, 6.45) is 3.77. The predicted molar refractivity (Wildman–Crippen MR) is 70.6 cm³/mol. The summed E-state index contributed by atoms with van der Waals surface area (Å²) in [5.74, 6) is -0.272. The van der Waals surface area contributed by atoms with Gasteiger partial charge in [0, 0.05) is 11.8 Å². The molecule has 105 valence electrons. The summed E-state index contributed by atoms with van der Waals surface area (Å²) in [5.41, 5.74) is 0. The van der Waals surface area contributed by atoms with Crippen LogP contribution in [-0.4, -0.2) is 24.6 Å². The monoisotopic (exact) mass is 265 g/mol. The standard InChI is InChI=1S/C15H21O4/c1-9(15(18)19-4)7-13-6-5-12(10(2)16)8-14(13)11(3)17/h7,12-14H,1,5-6,8H2,2-4H3/t12-,13-,14+/m1/s1. The highest BCUT2D eigenvalue weighted by Crippen LogP contribution is 2.38. The molecule has 3 atom stereocenters. The SMILES string of the molecule is [CH2][C]([CH][C@H]1CC[C@@H](C(C)=O)C[C@H]1C(C)=O)C(=O)OC. The van der Waals surface area contributed by atoms with Crippen molar-refractivity contribution >= 4 is 17.5 Å². The third-order valence-corrected chi connectivity index (χ3v) is 3.86. The molecular weight excluding hydrogens is 244 g/mol. The van der Waals surface area contributed by atoms with Crippen LogP contribution in [0.15, 0.2) is 0 Å². The Bertz CT molecular complexity index is 361. The first kappa shape index (κ1) is 15.9. The Morgan fingerprint density at radius 3 is 2.26 bits per heavy atom. The summed E-state index contributed by atoms with van der Waals surface area (Å²) in [5, 5.41) is 0. The average Bonchev–Trinajstić information content (AvgIpc) is 2.37. The van der Waals surface area contributed by atoms with Gasteiger partial charge in [-0.05, 0) is 52.4 Å². The quantitative estimate of drug-likeness (QED) is 0.713. The van der Waals surface area contributed by atoms with E-state index in [1.54, 1.807) is 13.3 Å². The lowest BCUT2D eigenvalue weighted by molar-refractivity contribution is -0.138. The molecule has 0 unspecified atom stereocenters. The molecule has 1 rings (SSSR count). The second-order valence-electron chi connectivity index (χ2n) is 5.19. The number of ketones is 2. The lowest BCUT2D eigenvalue weighted by atomic mass is 9.69. The molecule has 0 saturated heterocycles. The summed E-state index contributed by atoms with van der Waals surface area (Å²) in [6.45, 7) is 6.76. The first-order chi connectivity index (χ1) is 8.86. The van der Waals surface area contributed by atoms with Gasteiger partial charge in [0.1, 0.15) is 11.6 Å². The molecule has 0 aromatic carbocycles. The molecule has 0 amide bonds. The Morgan fingerprint density at radius 2 is 1.79 bits per heavy atom. The van der Waals surface area contributed by atoms with Crippen molar-refractivity contribution in [1.29, 1.82) is 0 Å². The Labute approximate surface area is 114 Å². The molecule has 4 nitrogen and oxygen atoms in total. The van der Waals surface area contributed by atoms with Gasteiger partial charge < -0.3 is 4.74 Å². The Morgan fingerprint density at radius 1 is 1.16 bits per heavy atom. The van der Waals surface area contributed by atoms with Crippen molar-refractivity contribution in [3.63, 3.8) is 0 Å². The largest absolute Gasteiger partial charge is 0.469 e. The zero-order valence-electron chi connectivity index (χ0n) is 11.8. The second kappa shape index (κ2) is 6.83. The molecule has 0 bridgehead atoms. The summed E-state index contributed by atoms with van der Waals surface area (Å²) in [4.78, 5) is 34.5. The molecule has 0 spiro atoms. The highest BCUT2D eigenvalue weighted by atomic mass is 16.5. The van der Waals surface area contributed by atoms with Gasteiger partial charge in [0.15, 0.2) is 0 Å². The van der Waals surface area contributed by atoms with Gasteiger partial charge in [-0.3, -0.25) is 14.4 Å². The van der Waals surface area contributed by atoms with E-state index >= 15 is 0 Å². The molecule has 0 N–H and O–H groups in total. The van der Waals surface area contributed by atoms with Crippen LogP contribution in [0.4, 0.5) is 0 Å². The maximum Gasteiger partial charge on any atom is 0.313 e. The fraction of sp³-hybridized carbons (Fsp3) is 0.600. The van der Waals surface area contributed by atoms with Crippen molar-refractivity contribution in [3.8, 4) is 0 Å². The van der Waals surface area contributed by atoms with Crippen LogP contribution in [0.25, 0.3) is 0 Å². The first-order valence-electron chi connectivity index (χ1n) is 6.49.